The summed E-state index contributed by atoms with van der Waals surface area (Å²) in [7, 11) is 0. The van der Waals surface area contributed by atoms with Crippen molar-refractivity contribution >= 4 is 17.9 Å². The number of ketones is 2. The Labute approximate surface area is 88.3 Å². The van der Waals surface area contributed by atoms with Gasteiger partial charge in [0, 0.05) is 25.7 Å². The van der Waals surface area contributed by atoms with Gasteiger partial charge in [0.25, 0.3) is 0 Å². The number of rotatable bonds is 7. The molecule has 0 saturated carbocycles. The van der Waals surface area contributed by atoms with Crippen LogP contribution in [-0.4, -0.2) is 28.7 Å². The Balaban J connectivity index is 4.60. The highest BCUT2D eigenvalue weighted by atomic mass is 17.1. The maximum absolute atomic E-state index is 11.2. The molecule has 5 nitrogen and oxygen atoms in total. The van der Waals surface area contributed by atoms with Crippen LogP contribution in [0.1, 0.15) is 33.6 Å². The first kappa shape index (κ1) is 13.9. The van der Waals surface area contributed by atoms with Crippen molar-refractivity contribution in [1.82, 2.24) is 0 Å². The quantitative estimate of drug-likeness (QED) is 0.297. The minimum atomic E-state index is -1.02. The molecule has 0 aliphatic rings. The van der Waals surface area contributed by atoms with Gasteiger partial charge < -0.3 is 4.79 Å². The third-order valence-electron chi connectivity index (χ3n) is 2.42. The van der Waals surface area contributed by atoms with Crippen LogP contribution >= 0.6 is 0 Å². The van der Waals surface area contributed by atoms with Crippen LogP contribution in [0.25, 0.3) is 0 Å². The van der Waals surface area contributed by atoms with E-state index in [1.807, 2.05) is 0 Å². The van der Waals surface area contributed by atoms with Crippen molar-refractivity contribution in [3.05, 3.63) is 0 Å². The predicted octanol–water partition coefficient (Wildman–Crippen LogP) is 1.01. The number of hydrogen-bond acceptors (Lipinski definition) is 5. The van der Waals surface area contributed by atoms with E-state index in [-0.39, 0.29) is 12.8 Å². The molecule has 0 amide bonds. The molecule has 0 aromatic carbocycles. The van der Waals surface area contributed by atoms with Crippen LogP contribution in [-0.2, 0) is 19.3 Å². The van der Waals surface area contributed by atoms with Crippen LogP contribution in [0.4, 0.5) is 0 Å². The summed E-state index contributed by atoms with van der Waals surface area (Å²) in [6.07, 6.45) is 0.604. The summed E-state index contributed by atoms with van der Waals surface area (Å²) in [5.74, 6) is -1.62. The first-order chi connectivity index (χ1) is 6.85. The maximum atomic E-state index is 11.2. The first-order valence-corrected chi connectivity index (χ1v) is 4.65. The molecule has 0 aliphatic heterocycles. The number of carbonyl (C=O) groups is 3. The highest BCUT2D eigenvalue weighted by molar-refractivity contribution is 6.36. The third-order valence-corrected chi connectivity index (χ3v) is 2.42. The highest BCUT2D eigenvalue weighted by Gasteiger charge is 2.33. The summed E-state index contributed by atoms with van der Waals surface area (Å²) in [6.45, 7) is 4.27. The van der Waals surface area contributed by atoms with E-state index in [1.165, 1.54) is 6.92 Å². The number of Topliss-reactive ketones (excluding diaryl/α,β-unsaturated/α-hetero) is 2. The maximum Gasteiger partial charge on any atom is 0.198 e. The summed E-state index contributed by atoms with van der Waals surface area (Å²) in [5, 5.41) is 8.63. The van der Waals surface area contributed by atoms with Gasteiger partial charge in [-0.15, -0.1) is 0 Å². The molecule has 0 rings (SSSR count). The molecular formula is C10H16O5. The molecule has 0 radical (unpaired) electrons. The summed E-state index contributed by atoms with van der Waals surface area (Å²) < 4.78 is 0. The molecule has 0 bridgehead atoms. The van der Waals surface area contributed by atoms with Crippen LogP contribution in [0.15, 0.2) is 0 Å². The highest BCUT2D eigenvalue weighted by Crippen LogP contribution is 2.26. The zero-order chi connectivity index (χ0) is 12.1. The monoisotopic (exact) mass is 216 g/mol. The lowest BCUT2D eigenvalue weighted by atomic mass is 9.84. The summed E-state index contributed by atoms with van der Waals surface area (Å²) in [5.41, 5.74) is -1.02. The van der Waals surface area contributed by atoms with Crippen LogP contribution in [0.3, 0.4) is 0 Å². The van der Waals surface area contributed by atoms with E-state index in [1.54, 1.807) is 13.8 Å². The van der Waals surface area contributed by atoms with Crippen molar-refractivity contribution in [2.24, 2.45) is 5.92 Å². The second kappa shape index (κ2) is 5.72. The van der Waals surface area contributed by atoms with Crippen molar-refractivity contribution in [3.8, 4) is 0 Å². The molecule has 0 aliphatic carbocycles. The van der Waals surface area contributed by atoms with Crippen molar-refractivity contribution < 1.29 is 24.5 Å². The Bertz CT molecular complexity index is 257. The molecule has 0 aromatic heterocycles. The minimum Gasteiger partial charge on any atom is -0.303 e. The Hall–Kier alpha value is -1.07. The van der Waals surface area contributed by atoms with E-state index < -0.39 is 23.1 Å². The van der Waals surface area contributed by atoms with Gasteiger partial charge in [0.15, 0.2) is 11.6 Å². The second-order valence-corrected chi connectivity index (χ2v) is 3.98. The van der Waals surface area contributed by atoms with Gasteiger partial charge in [-0.25, -0.2) is 4.89 Å². The van der Waals surface area contributed by atoms with Crippen molar-refractivity contribution in [1.29, 1.82) is 0 Å². The summed E-state index contributed by atoms with van der Waals surface area (Å²) in [4.78, 5) is 36.6. The average molecular weight is 216 g/mol. The van der Waals surface area contributed by atoms with Crippen LogP contribution < -0.4 is 0 Å². The molecule has 86 valence electrons. The van der Waals surface area contributed by atoms with E-state index >= 15 is 0 Å². The van der Waals surface area contributed by atoms with Gasteiger partial charge in [-0.05, 0) is 13.8 Å². The molecule has 1 N–H and O–H groups in total. The predicted molar refractivity (Wildman–Crippen MR) is 52.3 cm³/mol. The Morgan fingerprint density at radius 1 is 1.47 bits per heavy atom. The van der Waals surface area contributed by atoms with E-state index in [4.69, 9.17) is 5.26 Å². The van der Waals surface area contributed by atoms with Gasteiger partial charge in [0.1, 0.15) is 11.9 Å². The molecule has 0 heterocycles. The summed E-state index contributed by atoms with van der Waals surface area (Å²) >= 11 is 0. The SMILES string of the molecule is CC(=O)C(=O)CC(CC=O)C(C)(C)OO. The first-order valence-electron chi connectivity index (χ1n) is 4.65. The molecular weight excluding hydrogens is 200 g/mol. The molecule has 0 saturated heterocycles. The average Bonchev–Trinajstić information content (AvgIpc) is 2.16. The molecule has 1 unspecified atom stereocenters. The standard InChI is InChI=1S/C10H16O5/c1-7(12)9(13)6-8(4-5-11)10(2,3)15-14/h5,8,14H,4,6H2,1-3H3. The fourth-order valence-electron chi connectivity index (χ4n) is 1.17. The van der Waals surface area contributed by atoms with Crippen molar-refractivity contribution in [2.45, 2.75) is 39.2 Å². The Morgan fingerprint density at radius 3 is 2.33 bits per heavy atom. The number of carbonyl (C=O) groups excluding carboxylic acids is 3. The van der Waals surface area contributed by atoms with Gasteiger partial charge >= 0.3 is 0 Å². The zero-order valence-corrected chi connectivity index (χ0v) is 9.15. The van der Waals surface area contributed by atoms with Crippen LogP contribution in [0.2, 0.25) is 0 Å². The molecule has 0 spiro atoms. The molecule has 5 heteroatoms. The smallest absolute Gasteiger partial charge is 0.198 e. The van der Waals surface area contributed by atoms with E-state index in [0.717, 1.165) is 0 Å². The molecule has 0 fully saturated rings. The van der Waals surface area contributed by atoms with E-state index in [0.29, 0.717) is 6.29 Å². The van der Waals surface area contributed by atoms with E-state index in [9.17, 15) is 14.4 Å². The van der Waals surface area contributed by atoms with Crippen molar-refractivity contribution in [3.63, 3.8) is 0 Å². The molecule has 1 atom stereocenters. The Kier molecular flexibility index (Phi) is 5.32. The topological polar surface area (TPSA) is 80.7 Å². The lowest BCUT2D eigenvalue weighted by Crippen LogP contribution is -2.36. The molecule has 0 aromatic rings. The fraction of sp³-hybridized carbons (Fsp3) is 0.700. The van der Waals surface area contributed by atoms with Crippen LogP contribution in [0, 0.1) is 5.92 Å². The lowest BCUT2D eigenvalue weighted by Gasteiger charge is -2.29. The van der Waals surface area contributed by atoms with Gasteiger partial charge in [-0.1, -0.05) is 0 Å². The van der Waals surface area contributed by atoms with Crippen LogP contribution in [0.5, 0.6) is 0 Å². The minimum absolute atomic E-state index is 0.0621. The Morgan fingerprint density at radius 2 is 2.00 bits per heavy atom. The number of aldehydes is 1. The van der Waals surface area contributed by atoms with Gasteiger partial charge in [0.2, 0.25) is 0 Å². The zero-order valence-electron chi connectivity index (χ0n) is 9.15. The fourth-order valence-corrected chi connectivity index (χ4v) is 1.17. The number of hydrogen-bond donors (Lipinski definition) is 1. The largest absolute Gasteiger partial charge is 0.303 e. The van der Waals surface area contributed by atoms with E-state index in [2.05, 4.69) is 4.89 Å². The third kappa shape index (κ3) is 4.31. The van der Waals surface area contributed by atoms with Gasteiger partial charge in [-0.3, -0.25) is 14.8 Å². The van der Waals surface area contributed by atoms with Gasteiger partial charge in [-0.2, -0.15) is 0 Å². The van der Waals surface area contributed by atoms with Crippen molar-refractivity contribution in [2.75, 3.05) is 0 Å². The van der Waals surface area contributed by atoms with Gasteiger partial charge in [0.05, 0.1) is 0 Å². The molecule has 15 heavy (non-hydrogen) atoms. The lowest BCUT2D eigenvalue weighted by molar-refractivity contribution is -0.326. The summed E-state index contributed by atoms with van der Waals surface area (Å²) in [6, 6.07) is 0. The normalized spacial score (nSPS) is 13.3. The second-order valence-electron chi connectivity index (χ2n) is 3.98.